The first-order valence-electron chi connectivity index (χ1n) is 8.79. The zero-order valence-electron chi connectivity index (χ0n) is 14.3. The van der Waals surface area contributed by atoms with Crippen molar-refractivity contribution in [2.45, 2.75) is 39.7 Å². The number of rotatable bonds is 3. The third-order valence-electron chi connectivity index (χ3n) is 5.15. The van der Waals surface area contributed by atoms with Gasteiger partial charge in [0.1, 0.15) is 5.76 Å². The summed E-state index contributed by atoms with van der Waals surface area (Å²) in [5, 5.41) is 7.37. The van der Waals surface area contributed by atoms with Gasteiger partial charge in [0.05, 0.1) is 5.69 Å². The molecule has 1 aromatic heterocycles. The van der Waals surface area contributed by atoms with Crippen molar-refractivity contribution in [3.05, 3.63) is 17.0 Å². The monoisotopic (exact) mass is 320 g/mol. The van der Waals surface area contributed by atoms with E-state index in [1.54, 1.807) is 0 Å². The van der Waals surface area contributed by atoms with Crippen LogP contribution in [0.25, 0.3) is 0 Å². The minimum Gasteiger partial charge on any atom is -0.361 e. The predicted octanol–water partition coefficient (Wildman–Crippen LogP) is 1.33. The minimum atomic E-state index is 0.227. The van der Waals surface area contributed by atoms with E-state index in [1.807, 2.05) is 13.8 Å². The van der Waals surface area contributed by atoms with E-state index in [4.69, 9.17) is 4.52 Å². The van der Waals surface area contributed by atoms with Gasteiger partial charge in [-0.3, -0.25) is 9.69 Å². The predicted molar refractivity (Wildman–Crippen MR) is 88.0 cm³/mol. The maximum atomic E-state index is 12.7. The number of hydrogen-bond donors (Lipinski definition) is 1. The van der Waals surface area contributed by atoms with Crippen molar-refractivity contribution in [1.82, 2.24) is 20.3 Å². The molecule has 1 amide bonds. The minimum absolute atomic E-state index is 0.227. The van der Waals surface area contributed by atoms with E-state index in [9.17, 15) is 4.79 Å². The molecular formula is C17H28N4O2. The van der Waals surface area contributed by atoms with Crippen LogP contribution in [0.15, 0.2) is 4.52 Å². The van der Waals surface area contributed by atoms with Crippen molar-refractivity contribution in [3.8, 4) is 0 Å². The Balaban J connectivity index is 1.55. The van der Waals surface area contributed by atoms with Crippen LogP contribution in [0.3, 0.4) is 0 Å². The van der Waals surface area contributed by atoms with Gasteiger partial charge < -0.3 is 14.7 Å². The summed E-state index contributed by atoms with van der Waals surface area (Å²) in [6.07, 6.45) is 3.01. The summed E-state index contributed by atoms with van der Waals surface area (Å²) >= 11 is 0. The van der Waals surface area contributed by atoms with Crippen molar-refractivity contribution in [2.24, 2.45) is 5.92 Å². The van der Waals surface area contributed by atoms with E-state index in [2.05, 4.69) is 20.3 Å². The van der Waals surface area contributed by atoms with E-state index in [-0.39, 0.29) is 5.92 Å². The molecule has 6 heteroatoms. The Hall–Kier alpha value is -1.40. The second-order valence-corrected chi connectivity index (χ2v) is 6.78. The number of nitrogens with one attached hydrogen (secondary N) is 1. The molecule has 0 radical (unpaired) electrons. The average Bonchev–Trinajstić information content (AvgIpc) is 2.79. The summed E-state index contributed by atoms with van der Waals surface area (Å²) in [4.78, 5) is 17.2. The normalized spacial score (nSPS) is 21.4. The quantitative estimate of drug-likeness (QED) is 0.910. The molecule has 0 aromatic carbocycles. The first-order valence-corrected chi connectivity index (χ1v) is 8.79. The van der Waals surface area contributed by atoms with Gasteiger partial charge in [-0.2, -0.15) is 0 Å². The molecular weight excluding hydrogens is 292 g/mol. The van der Waals surface area contributed by atoms with Gasteiger partial charge >= 0.3 is 0 Å². The fourth-order valence-electron chi connectivity index (χ4n) is 3.63. The first-order chi connectivity index (χ1) is 11.1. The number of hydrogen-bond acceptors (Lipinski definition) is 5. The highest BCUT2D eigenvalue weighted by Gasteiger charge is 2.27. The molecule has 6 nitrogen and oxygen atoms in total. The Morgan fingerprint density at radius 2 is 2.00 bits per heavy atom. The lowest BCUT2D eigenvalue weighted by Gasteiger charge is -2.29. The van der Waals surface area contributed by atoms with Crippen LogP contribution in [-0.2, 0) is 11.3 Å². The standard InChI is InChI=1S/C17H28N4O2/c1-13-16(14(2)23-19-13)12-20-8-3-9-21(11-10-20)17(22)15-4-6-18-7-5-15/h15,18H,3-12H2,1-2H3. The van der Waals surface area contributed by atoms with E-state index < -0.39 is 0 Å². The average molecular weight is 320 g/mol. The molecule has 2 fully saturated rings. The summed E-state index contributed by atoms with van der Waals surface area (Å²) < 4.78 is 5.26. The van der Waals surface area contributed by atoms with Crippen molar-refractivity contribution in [2.75, 3.05) is 39.3 Å². The van der Waals surface area contributed by atoms with Crippen molar-refractivity contribution >= 4 is 5.91 Å². The number of aromatic nitrogens is 1. The first kappa shape index (κ1) is 16.5. The Morgan fingerprint density at radius 1 is 1.22 bits per heavy atom. The van der Waals surface area contributed by atoms with Gasteiger partial charge in [0.2, 0.25) is 5.91 Å². The largest absolute Gasteiger partial charge is 0.361 e. The summed E-state index contributed by atoms with van der Waals surface area (Å²) in [7, 11) is 0. The maximum Gasteiger partial charge on any atom is 0.225 e. The molecule has 3 heterocycles. The van der Waals surface area contributed by atoms with Crippen LogP contribution < -0.4 is 5.32 Å². The molecule has 2 aliphatic rings. The smallest absolute Gasteiger partial charge is 0.225 e. The highest BCUT2D eigenvalue weighted by Crippen LogP contribution is 2.19. The fourth-order valence-corrected chi connectivity index (χ4v) is 3.63. The molecule has 0 aliphatic carbocycles. The van der Waals surface area contributed by atoms with Gasteiger partial charge in [-0.25, -0.2) is 0 Å². The SMILES string of the molecule is Cc1noc(C)c1CN1CCCN(C(=O)C2CCNCC2)CC1. The molecule has 0 atom stereocenters. The lowest BCUT2D eigenvalue weighted by molar-refractivity contribution is -0.136. The van der Waals surface area contributed by atoms with Crippen LogP contribution in [-0.4, -0.2) is 60.1 Å². The number of amides is 1. The van der Waals surface area contributed by atoms with Crippen LogP contribution >= 0.6 is 0 Å². The number of nitrogens with zero attached hydrogens (tertiary/aromatic N) is 3. The highest BCUT2D eigenvalue weighted by atomic mass is 16.5. The molecule has 128 valence electrons. The van der Waals surface area contributed by atoms with Gasteiger partial charge in [-0.1, -0.05) is 5.16 Å². The third-order valence-corrected chi connectivity index (χ3v) is 5.15. The summed E-state index contributed by atoms with van der Waals surface area (Å²) in [5.74, 6) is 1.51. The molecule has 0 unspecified atom stereocenters. The highest BCUT2D eigenvalue weighted by molar-refractivity contribution is 5.79. The lowest BCUT2D eigenvalue weighted by Crippen LogP contribution is -2.42. The van der Waals surface area contributed by atoms with Gasteiger partial charge in [0, 0.05) is 44.2 Å². The van der Waals surface area contributed by atoms with Gasteiger partial charge in [0.15, 0.2) is 0 Å². The van der Waals surface area contributed by atoms with Crippen LogP contribution in [0.2, 0.25) is 0 Å². The van der Waals surface area contributed by atoms with E-state index in [0.717, 1.165) is 76.5 Å². The lowest BCUT2D eigenvalue weighted by atomic mass is 9.96. The van der Waals surface area contributed by atoms with Crippen LogP contribution in [0.4, 0.5) is 0 Å². The number of carbonyl (C=O) groups is 1. The second kappa shape index (κ2) is 7.45. The van der Waals surface area contributed by atoms with E-state index in [1.165, 1.54) is 5.56 Å². The summed E-state index contributed by atoms with van der Waals surface area (Å²) in [6, 6.07) is 0. The Labute approximate surface area is 138 Å². The Bertz CT molecular complexity index is 517. The zero-order chi connectivity index (χ0) is 16.2. The van der Waals surface area contributed by atoms with Gasteiger partial charge in [-0.15, -0.1) is 0 Å². The van der Waals surface area contributed by atoms with Crippen LogP contribution in [0, 0.1) is 19.8 Å². The van der Waals surface area contributed by atoms with Gasteiger partial charge in [0.25, 0.3) is 0 Å². The van der Waals surface area contributed by atoms with Crippen LogP contribution in [0.1, 0.15) is 36.3 Å². The summed E-state index contributed by atoms with van der Waals surface area (Å²) in [6.45, 7) is 10.5. The van der Waals surface area contributed by atoms with E-state index >= 15 is 0 Å². The molecule has 0 saturated carbocycles. The van der Waals surface area contributed by atoms with E-state index in [0.29, 0.717) is 5.91 Å². The number of aryl methyl sites for hydroxylation is 2. The Morgan fingerprint density at radius 3 is 2.70 bits per heavy atom. The summed E-state index contributed by atoms with van der Waals surface area (Å²) in [5.41, 5.74) is 2.18. The number of carbonyl (C=O) groups excluding carboxylic acids is 1. The molecule has 23 heavy (non-hydrogen) atoms. The molecule has 0 spiro atoms. The molecule has 2 aliphatic heterocycles. The number of piperidine rings is 1. The molecule has 1 aromatic rings. The molecule has 3 rings (SSSR count). The second-order valence-electron chi connectivity index (χ2n) is 6.78. The Kier molecular flexibility index (Phi) is 5.33. The van der Waals surface area contributed by atoms with Crippen molar-refractivity contribution in [1.29, 1.82) is 0 Å². The molecule has 1 N–H and O–H groups in total. The topological polar surface area (TPSA) is 61.6 Å². The molecule has 0 bridgehead atoms. The zero-order valence-corrected chi connectivity index (χ0v) is 14.3. The van der Waals surface area contributed by atoms with Crippen LogP contribution in [0.5, 0.6) is 0 Å². The van der Waals surface area contributed by atoms with Gasteiger partial charge in [-0.05, 0) is 46.2 Å². The van der Waals surface area contributed by atoms with Crippen molar-refractivity contribution in [3.63, 3.8) is 0 Å². The fraction of sp³-hybridized carbons (Fsp3) is 0.765. The third kappa shape index (κ3) is 3.93. The molecule has 2 saturated heterocycles. The van der Waals surface area contributed by atoms with Crippen molar-refractivity contribution < 1.29 is 9.32 Å². The maximum absolute atomic E-state index is 12.7.